The lowest BCUT2D eigenvalue weighted by atomic mass is 9.80. The minimum atomic E-state index is 0.405. The van der Waals surface area contributed by atoms with Crippen LogP contribution in [0.2, 0.25) is 0 Å². The van der Waals surface area contributed by atoms with Gasteiger partial charge in [0.25, 0.3) is 0 Å². The maximum absolute atomic E-state index is 5.77. The van der Waals surface area contributed by atoms with Gasteiger partial charge in [0.1, 0.15) is 0 Å². The number of rotatable bonds is 4. The Morgan fingerprint density at radius 2 is 2.13 bits per heavy atom. The molecular formula is C12H26N2O. The van der Waals surface area contributed by atoms with E-state index in [1.165, 1.54) is 19.5 Å². The molecule has 0 aromatic carbocycles. The molecule has 1 aliphatic heterocycles. The molecule has 0 aliphatic carbocycles. The molecule has 0 amide bonds. The summed E-state index contributed by atoms with van der Waals surface area (Å²) in [5.41, 5.74) is 6.19. The molecule has 0 spiro atoms. The van der Waals surface area contributed by atoms with Gasteiger partial charge in [-0.05, 0) is 24.3 Å². The molecule has 3 nitrogen and oxygen atoms in total. The van der Waals surface area contributed by atoms with Crippen LogP contribution in [0.5, 0.6) is 0 Å². The van der Waals surface area contributed by atoms with Crippen LogP contribution in [0, 0.1) is 11.3 Å². The summed E-state index contributed by atoms with van der Waals surface area (Å²) >= 11 is 0. The molecule has 0 bridgehead atoms. The Morgan fingerprint density at radius 1 is 1.47 bits per heavy atom. The first-order valence-electron chi connectivity index (χ1n) is 5.92. The van der Waals surface area contributed by atoms with Crippen molar-refractivity contribution < 1.29 is 4.74 Å². The smallest absolute Gasteiger partial charge is 0.0630 e. The third kappa shape index (κ3) is 3.44. The number of nitrogens with zero attached hydrogens (tertiary/aromatic N) is 1. The van der Waals surface area contributed by atoms with Crippen LogP contribution in [-0.2, 0) is 4.74 Å². The first-order valence-corrected chi connectivity index (χ1v) is 5.92. The Labute approximate surface area is 94.0 Å². The van der Waals surface area contributed by atoms with Crippen molar-refractivity contribution in [2.45, 2.75) is 33.2 Å². The quantitative estimate of drug-likeness (QED) is 0.767. The predicted molar refractivity (Wildman–Crippen MR) is 63.9 cm³/mol. The van der Waals surface area contributed by atoms with Crippen molar-refractivity contribution in [1.29, 1.82) is 0 Å². The van der Waals surface area contributed by atoms with Crippen LogP contribution in [-0.4, -0.2) is 44.3 Å². The van der Waals surface area contributed by atoms with Crippen LogP contribution in [0.4, 0.5) is 0 Å². The number of methoxy groups -OCH3 is 1. The molecule has 90 valence electrons. The van der Waals surface area contributed by atoms with E-state index in [1.807, 2.05) is 0 Å². The number of likely N-dealkylation sites (tertiary alicyclic amines) is 1. The fourth-order valence-electron chi connectivity index (χ4n) is 2.34. The number of hydrogen-bond acceptors (Lipinski definition) is 3. The second-order valence-corrected chi connectivity index (χ2v) is 5.69. The van der Waals surface area contributed by atoms with Crippen LogP contribution in [0.25, 0.3) is 0 Å². The maximum Gasteiger partial charge on any atom is 0.0630 e. The fraction of sp³-hybridized carbons (Fsp3) is 1.00. The van der Waals surface area contributed by atoms with Crippen molar-refractivity contribution in [3.63, 3.8) is 0 Å². The van der Waals surface area contributed by atoms with Crippen molar-refractivity contribution >= 4 is 0 Å². The first kappa shape index (κ1) is 12.9. The molecule has 2 N–H and O–H groups in total. The highest BCUT2D eigenvalue weighted by Crippen LogP contribution is 2.34. The van der Waals surface area contributed by atoms with Crippen LogP contribution in [0.15, 0.2) is 0 Å². The van der Waals surface area contributed by atoms with Gasteiger partial charge in [-0.3, -0.25) is 4.90 Å². The Balaban J connectivity index is 2.47. The highest BCUT2D eigenvalue weighted by molar-refractivity contribution is 4.87. The number of nitrogens with two attached hydrogens (primary N) is 1. The van der Waals surface area contributed by atoms with E-state index in [0.29, 0.717) is 18.0 Å². The molecule has 1 fully saturated rings. The Hall–Kier alpha value is -0.120. The van der Waals surface area contributed by atoms with Gasteiger partial charge in [0.2, 0.25) is 0 Å². The van der Waals surface area contributed by atoms with Crippen LogP contribution in [0.3, 0.4) is 0 Å². The minimum Gasteiger partial charge on any atom is -0.383 e. The summed E-state index contributed by atoms with van der Waals surface area (Å²) in [5, 5.41) is 0. The zero-order chi connectivity index (χ0) is 11.5. The van der Waals surface area contributed by atoms with E-state index in [9.17, 15) is 0 Å². The highest BCUT2D eigenvalue weighted by Gasteiger charge is 2.34. The minimum absolute atomic E-state index is 0.405. The zero-order valence-electron chi connectivity index (χ0n) is 10.6. The van der Waals surface area contributed by atoms with E-state index in [2.05, 4.69) is 25.7 Å². The van der Waals surface area contributed by atoms with Gasteiger partial charge in [0.05, 0.1) is 6.61 Å². The molecule has 0 radical (unpaired) electrons. The van der Waals surface area contributed by atoms with Crippen molar-refractivity contribution in [2.75, 3.05) is 33.4 Å². The Morgan fingerprint density at radius 3 is 2.53 bits per heavy atom. The monoisotopic (exact) mass is 214 g/mol. The van der Waals surface area contributed by atoms with Gasteiger partial charge in [0, 0.05) is 26.2 Å². The molecule has 15 heavy (non-hydrogen) atoms. The molecule has 1 aliphatic rings. The average molecular weight is 214 g/mol. The second-order valence-electron chi connectivity index (χ2n) is 5.69. The lowest BCUT2D eigenvalue weighted by molar-refractivity contribution is 0.101. The van der Waals surface area contributed by atoms with Crippen LogP contribution >= 0.6 is 0 Å². The number of ether oxygens (including phenoxy) is 1. The summed E-state index contributed by atoms with van der Waals surface area (Å²) < 4.78 is 5.21. The van der Waals surface area contributed by atoms with Crippen LogP contribution in [0.1, 0.15) is 27.2 Å². The van der Waals surface area contributed by atoms with E-state index in [0.717, 1.165) is 12.5 Å². The van der Waals surface area contributed by atoms with Gasteiger partial charge in [-0.25, -0.2) is 0 Å². The van der Waals surface area contributed by atoms with Crippen molar-refractivity contribution in [3.8, 4) is 0 Å². The normalized spacial score (nSPS) is 25.8. The lowest BCUT2D eigenvalue weighted by Gasteiger charge is -2.30. The number of hydrogen-bond donors (Lipinski definition) is 1. The van der Waals surface area contributed by atoms with Crippen molar-refractivity contribution in [3.05, 3.63) is 0 Å². The molecule has 1 rings (SSSR count). The molecule has 0 saturated carbocycles. The van der Waals surface area contributed by atoms with Crippen molar-refractivity contribution in [1.82, 2.24) is 4.90 Å². The molecule has 1 saturated heterocycles. The van der Waals surface area contributed by atoms with Crippen molar-refractivity contribution in [2.24, 2.45) is 17.1 Å². The average Bonchev–Trinajstić information content (AvgIpc) is 2.62. The molecule has 2 unspecified atom stereocenters. The van der Waals surface area contributed by atoms with E-state index >= 15 is 0 Å². The SMILES string of the molecule is COCC(CN)N1CCC(C(C)(C)C)C1. The third-order valence-corrected chi connectivity index (χ3v) is 3.59. The first-order chi connectivity index (χ1) is 6.99. The van der Waals surface area contributed by atoms with E-state index in [1.54, 1.807) is 7.11 Å². The van der Waals surface area contributed by atoms with Gasteiger partial charge < -0.3 is 10.5 Å². The third-order valence-electron chi connectivity index (χ3n) is 3.59. The molecule has 0 aromatic heterocycles. The van der Waals surface area contributed by atoms with Gasteiger partial charge in [-0.2, -0.15) is 0 Å². The summed E-state index contributed by atoms with van der Waals surface area (Å²) in [6.45, 7) is 10.8. The highest BCUT2D eigenvalue weighted by atomic mass is 16.5. The summed E-state index contributed by atoms with van der Waals surface area (Å²) in [5.74, 6) is 0.795. The summed E-state index contributed by atoms with van der Waals surface area (Å²) in [6, 6.07) is 0.405. The molecular weight excluding hydrogens is 188 g/mol. The van der Waals surface area contributed by atoms with E-state index < -0.39 is 0 Å². The van der Waals surface area contributed by atoms with Gasteiger partial charge >= 0.3 is 0 Å². The fourth-order valence-corrected chi connectivity index (χ4v) is 2.34. The second kappa shape index (κ2) is 5.28. The van der Waals surface area contributed by atoms with E-state index in [4.69, 9.17) is 10.5 Å². The maximum atomic E-state index is 5.77. The zero-order valence-corrected chi connectivity index (χ0v) is 10.6. The topological polar surface area (TPSA) is 38.5 Å². The summed E-state index contributed by atoms with van der Waals surface area (Å²) in [7, 11) is 1.75. The largest absolute Gasteiger partial charge is 0.383 e. The molecule has 1 heterocycles. The standard InChI is InChI=1S/C12H26N2O/c1-12(2,3)10-5-6-14(8-10)11(7-13)9-15-4/h10-11H,5-9,13H2,1-4H3. The van der Waals surface area contributed by atoms with Gasteiger partial charge in [-0.15, -0.1) is 0 Å². The predicted octanol–water partition coefficient (Wildman–Crippen LogP) is 1.33. The van der Waals surface area contributed by atoms with E-state index in [-0.39, 0.29) is 0 Å². The molecule has 3 heteroatoms. The lowest BCUT2D eigenvalue weighted by Crippen LogP contribution is -2.42. The Bertz CT molecular complexity index is 189. The van der Waals surface area contributed by atoms with Crippen LogP contribution < -0.4 is 5.73 Å². The molecule has 0 aromatic rings. The summed E-state index contributed by atoms with van der Waals surface area (Å²) in [4.78, 5) is 2.49. The van der Waals surface area contributed by atoms with Gasteiger partial charge in [-0.1, -0.05) is 20.8 Å². The molecule has 2 atom stereocenters. The summed E-state index contributed by atoms with van der Waals surface area (Å²) in [6.07, 6.45) is 1.30. The van der Waals surface area contributed by atoms with Gasteiger partial charge in [0.15, 0.2) is 0 Å². The Kier molecular flexibility index (Phi) is 4.56.